The predicted molar refractivity (Wildman–Crippen MR) is 43.4 cm³/mol. The van der Waals surface area contributed by atoms with E-state index in [0.29, 0.717) is 19.8 Å². The van der Waals surface area contributed by atoms with Crippen LogP contribution < -0.4 is 0 Å². The van der Waals surface area contributed by atoms with E-state index in [1.165, 1.54) is 6.26 Å². The molecule has 0 fully saturated rings. The Morgan fingerprint density at radius 1 is 1.45 bits per heavy atom. The summed E-state index contributed by atoms with van der Waals surface area (Å²) in [7, 11) is 1.65. The molecule has 0 heterocycles. The summed E-state index contributed by atoms with van der Waals surface area (Å²) in [6, 6.07) is 0. The Labute approximate surface area is 67.9 Å². The molecule has 0 aliphatic rings. The van der Waals surface area contributed by atoms with Gasteiger partial charge in [-0.2, -0.15) is 0 Å². The van der Waals surface area contributed by atoms with E-state index >= 15 is 0 Å². The molecule has 0 saturated heterocycles. The summed E-state index contributed by atoms with van der Waals surface area (Å²) in [5, 5.41) is 0. The molecule has 0 spiro atoms. The van der Waals surface area contributed by atoms with Crippen LogP contribution in [0, 0.1) is 0 Å². The second kappa shape index (κ2) is 7.57. The smallest absolute Gasteiger partial charge is 0.111 e. The fourth-order valence-electron chi connectivity index (χ4n) is 0.664. The molecule has 0 aromatic heterocycles. The highest BCUT2D eigenvalue weighted by molar-refractivity contribution is 4.49. The zero-order valence-corrected chi connectivity index (χ0v) is 7.21. The van der Waals surface area contributed by atoms with Crippen molar-refractivity contribution in [3.8, 4) is 0 Å². The Bertz CT molecular complexity index is 93.3. The Balaban J connectivity index is 3.03. The monoisotopic (exact) mass is 160 g/mol. The Hall–Kier alpha value is -0.540. The first-order valence-corrected chi connectivity index (χ1v) is 3.64. The summed E-state index contributed by atoms with van der Waals surface area (Å²) >= 11 is 0. The standard InChI is InChI=1S/C8H16O3/c1-4-10-5-6-11-8(2)7-9-3/h4,8H,1,5-7H2,2-3H3. The van der Waals surface area contributed by atoms with Crippen LogP contribution >= 0.6 is 0 Å². The van der Waals surface area contributed by atoms with Crippen LogP contribution in [0.5, 0.6) is 0 Å². The average molecular weight is 160 g/mol. The predicted octanol–water partition coefficient (Wildman–Crippen LogP) is 1.20. The highest BCUT2D eigenvalue weighted by atomic mass is 16.5. The van der Waals surface area contributed by atoms with E-state index in [9.17, 15) is 0 Å². The Kier molecular flexibility index (Phi) is 7.19. The van der Waals surface area contributed by atoms with Crippen molar-refractivity contribution in [2.24, 2.45) is 0 Å². The van der Waals surface area contributed by atoms with E-state index in [1.54, 1.807) is 7.11 Å². The summed E-state index contributed by atoms with van der Waals surface area (Å²) in [6.07, 6.45) is 1.54. The fraction of sp³-hybridized carbons (Fsp3) is 0.750. The van der Waals surface area contributed by atoms with Gasteiger partial charge in [0.1, 0.15) is 6.61 Å². The van der Waals surface area contributed by atoms with Gasteiger partial charge in [-0.3, -0.25) is 0 Å². The number of hydrogen-bond acceptors (Lipinski definition) is 3. The number of rotatable bonds is 7. The van der Waals surface area contributed by atoms with Crippen molar-refractivity contribution >= 4 is 0 Å². The molecule has 66 valence electrons. The first kappa shape index (κ1) is 10.5. The van der Waals surface area contributed by atoms with Gasteiger partial charge in [0.25, 0.3) is 0 Å². The maximum absolute atomic E-state index is 5.29. The molecule has 0 aromatic carbocycles. The van der Waals surface area contributed by atoms with Crippen LogP contribution in [-0.2, 0) is 14.2 Å². The van der Waals surface area contributed by atoms with Gasteiger partial charge in [-0.1, -0.05) is 6.58 Å². The SMILES string of the molecule is C=COCCOC(C)COC. The fourth-order valence-corrected chi connectivity index (χ4v) is 0.664. The van der Waals surface area contributed by atoms with E-state index in [-0.39, 0.29) is 6.10 Å². The van der Waals surface area contributed by atoms with Gasteiger partial charge in [-0.25, -0.2) is 0 Å². The van der Waals surface area contributed by atoms with Gasteiger partial charge in [-0.15, -0.1) is 0 Å². The number of methoxy groups -OCH3 is 1. The van der Waals surface area contributed by atoms with E-state index in [2.05, 4.69) is 6.58 Å². The first-order chi connectivity index (χ1) is 5.31. The molecule has 0 bridgehead atoms. The molecule has 0 radical (unpaired) electrons. The molecule has 0 aromatic rings. The second-order valence-electron chi connectivity index (χ2n) is 2.17. The zero-order valence-electron chi connectivity index (χ0n) is 7.21. The molecule has 3 heteroatoms. The molecule has 1 atom stereocenters. The van der Waals surface area contributed by atoms with Crippen molar-refractivity contribution in [2.45, 2.75) is 13.0 Å². The zero-order chi connectivity index (χ0) is 8.53. The molecule has 0 saturated carbocycles. The molecule has 0 aliphatic carbocycles. The van der Waals surface area contributed by atoms with Gasteiger partial charge in [0.05, 0.1) is 25.6 Å². The van der Waals surface area contributed by atoms with E-state index in [0.717, 1.165) is 0 Å². The quantitative estimate of drug-likeness (QED) is 0.413. The van der Waals surface area contributed by atoms with Crippen LogP contribution in [0.1, 0.15) is 6.92 Å². The minimum Gasteiger partial charge on any atom is -0.499 e. The van der Waals surface area contributed by atoms with Gasteiger partial charge in [0, 0.05) is 7.11 Å². The largest absolute Gasteiger partial charge is 0.499 e. The molecule has 0 amide bonds. The van der Waals surface area contributed by atoms with E-state index in [1.807, 2.05) is 6.92 Å². The molecular weight excluding hydrogens is 144 g/mol. The molecule has 0 aliphatic heterocycles. The van der Waals surface area contributed by atoms with Crippen molar-refractivity contribution in [2.75, 3.05) is 26.9 Å². The molecular formula is C8H16O3. The van der Waals surface area contributed by atoms with Crippen LogP contribution in [0.3, 0.4) is 0 Å². The second-order valence-corrected chi connectivity index (χ2v) is 2.17. The molecule has 0 rings (SSSR count). The van der Waals surface area contributed by atoms with Crippen molar-refractivity contribution in [1.82, 2.24) is 0 Å². The lowest BCUT2D eigenvalue weighted by atomic mass is 10.4. The lowest BCUT2D eigenvalue weighted by molar-refractivity contribution is -0.00726. The first-order valence-electron chi connectivity index (χ1n) is 3.64. The van der Waals surface area contributed by atoms with Crippen LogP contribution in [0.15, 0.2) is 12.8 Å². The van der Waals surface area contributed by atoms with Crippen molar-refractivity contribution in [3.63, 3.8) is 0 Å². The number of hydrogen-bond donors (Lipinski definition) is 0. The Morgan fingerprint density at radius 3 is 2.73 bits per heavy atom. The summed E-state index contributed by atoms with van der Waals surface area (Å²) in [5.41, 5.74) is 0. The average Bonchev–Trinajstić information content (AvgIpc) is 1.99. The van der Waals surface area contributed by atoms with Crippen molar-refractivity contribution in [1.29, 1.82) is 0 Å². The van der Waals surface area contributed by atoms with E-state index < -0.39 is 0 Å². The summed E-state index contributed by atoms with van der Waals surface area (Å²) < 4.78 is 15.0. The lowest BCUT2D eigenvalue weighted by Gasteiger charge is -2.10. The summed E-state index contributed by atoms with van der Waals surface area (Å²) in [4.78, 5) is 0. The Morgan fingerprint density at radius 2 is 2.18 bits per heavy atom. The maximum atomic E-state index is 5.29. The van der Waals surface area contributed by atoms with Crippen LogP contribution in [0.2, 0.25) is 0 Å². The third kappa shape index (κ3) is 7.36. The number of ether oxygens (including phenoxy) is 3. The van der Waals surface area contributed by atoms with Gasteiger partial charge in [-0.05, 0) is 6.92 Å². The maximum Gasteiger partial charge on any atom is 0.111 e. The van der Waals surface area contributed by atoms with Crippen LogP contribution in [0.25, 0.3) is 0 Å². The molecule has 11 heavy (non-hydrogen) atoms. The summed E-state index contributed by atoms with van der Waals surface area (Å²) in [5.74, 6) is 0. The molecule has 1 unspecified atom stereocenters. The lowest BCUT2D eigenvalue weighted by Crippen LogP contribution is -2.17. The minimum absolute atomic E-state index is 0.133. The highest BCUT2D eigenvalue weighted by Gasteiger charge is 1.99. The van der Waals surface area contributed by atoms with Gasteiger partial charge in [0.15, 0.2) is 0 Å². The molecule has 0 N–H and O–H groups in total. The third-order valence-corrected chi connectivity index (χ3v) is 1.12. The van der Waals surface area contributed by atoms with Crippen molar-refractivity contribution < 1.29 is 14.2 Å². The summed E-state index contributed by atoms with van der Waals surface area (Å²) in [6.45, 7) is 7.12. The normalized spacial score (nSPS) is 12.5. The minimum atomic E-state index is 0.133. The third-order valence-electron chi connectivity index (χ3n) is 1.12. The van der Waals surface area contributed by atoms with Crippen LogP contribution in [0.4, 0.5) is 0 Å². The van der Waals surface area contributed by atoms with Crippen LogP contribution in [-0.4, -0.2) is 33.0 Å². The van der Waals surface area contributed by atoms with Crippen molar-refractivity contribution in [3.05, 3.63) is 12.8 Å². The van der Waals surface area contributed by atoms with Gasteiger partial charge >= 0.3 is 0 Å². The van der Waals surface area contributed by atoms with E-state index in [4.69, 9.17) is 14.2 Å². The highest BCUT2D eigenvalue weighted by Crippen LogP contribution is 1.90. The topological polar surface area (TPSA) is 27.7 Å². The molecule has 3 nitrogen and oxygen atoms in total. The van der Waals surface area contributed by atoms with Gasteiger partial charge in [0.2, 0.25) is 0 Å². The van der Waals surface area contributed by atoms with Gasteiger partial charge < -0.3 is 14.2 Å².